The summed E-state index contributed by atoms with van der Waals surface area (Å²) < 4.78 is 0. The molecule has 0 radical (unpaired) electrons. The molecule has 54 valence electrons. The number of carbonyl (C=O) groups excluding carboxylic acids is 1. The van der Waals surface area contributed by atoms with E-state index < -0.39 is 0 Å². The van der Waals surface area contributed by atoms with Crippen molar-refractivity contribution in [3.05, 3.63) is 36.1 Å². The zero-order chi connectivity index (χ0) is 7.98. The largest absolute Gasteiger partial charge is 0.512 e. The lowest BCUT2D eigenvalue weighted by Gasteiger charge is -1.90. The number of aliphatic hydroxyl groups excluding tert-OH is 1. The second-order valence-electron chi connectivity index (χ2n) is 1.75. The summed E-state index contributed by atoms with van der Waals surface area (Å²) in [5.74, 6) is 0.0214. The topological polar surface area (TPSA) is 37.3 Å². The van der Waals surface area contributed by atoms with Gasteiger partial charge in [0.1, 0.15) is 0 Å². The summed E-state index contributed by atoms with van der Waals surface area (Å²) in [4.78, 5) is 10.1. The summed E-state index contributed by atoms with van der Waals surface area (Å²) in [6.45, 7) is 4.87. The van der Waals surface area contributed by atoms with Crippen LogP contribution in [0.4, 0.5) is 0 Å². The minimum atomic E-state index is 0.0214. The lowest BCUT2D eigenvalue weighted by atomic mass is 10.2. The Hall–Kier alpha value is -1.31. The van der Waals surface area contributed by atoms with Crippen molar-refractivity contribution in [2.24, 2.45) is 0 Å². The fourth-order valence-corrected chi connectivity index (χ4v) is 0.417. The molecule has 0 aromatic heterocycles. The maximum atomic E-state index is 10.1. The third kappa shape index (κ3) is 2.87. The summed E-state index contributed by atoms with van der Waals surface area (Å²) in [6.07, 6.45) is 5.21. The normalized spacial score (nSPS) is 12.9. The van der Waals surface area contributed by atoms with Gasteiger partial charge in [0.2, 0.25) is 0 Å². The van der Waals surface area contributed by atoms with E-state index in [-0.39, 0.29) is 11.3 Å². The molecule has 0 atom stereocenters. The van der Waals surface area contributed by atoms with Crippen molar-refractivity contribution in [3.63, 3.8) is 0 Å². The van der Waals surface area contributed by atoms with Crippen LogP contribution in [-0.4, -0.2) is 11.4 Å². The van der Waals surface area contributed by atoms with E-state index in [2.05, 4.69) is 6.58 Å². The highest BCUT2D eigenvalue weighted by atomic mass is 16.3. The van der Waals surface area contributed by atoms with Gasteiger partial charge in [-0.15, -0.1) is 0 Å². The van der Waals surface area contributed by atoms with E-state index in [0.717, 1.165) is 0 Å². The standard InChI is InChI=1S/C8H10O2/c1-3-4-5-8(6-9)7(2)10/h3-6,10H,1H2,2H3/b5-4-,8-7-. The van der Waals surface area contributed by atoms with Gasteiger partial charge in [0.05, 0.1) is 11.3 Å². The molecule has 0 spiro atoms. The maximum absolute atomic E-state index is 10.1. The Labute approximate surface area is 60.2 Å². The molecule has 0 amide bonds. The predicted octanol–water partition coefficient (Wildman–Crippen LogP) is 1.76. The molecule has 2 heteroatoms. The highest BCUT2D eigenvalue weighted by Gasteiger charge is 1.91. The first kappa shape index (κ1) is 8.69. The lowest BCUT2D eigenvalue weighted by molar-refractivity contribution is -0.104. The smallest absolute Gasteiger partial charge is 0.153 e. The van der Waals surface area contributed by atoms with Gasteiger partial charge in [-0.1, -0.05) is 18.7 Å². The van der Waals surface area contributed by atoms with Crippen LogP contribution in [0.5, 0.6) is 0 Å². The molecule has 0 unspecified atom stereocenters. The van der Waals surface area contributed by atoms with Gasteiger partial charge in [0, 0.05) is 0 Å². The first-order valence-corrected chi connectivity index (χ1v) is 2.86. The minimum absolute atomic E-state index is 0.0214. The highest BCUT2D eigenvalue weighted by molar-refractivity contribution is 5.78. The minimum Gasteiger partial charge on any atom is -0.512 e. The van der Waals surface area contributed by atoms with E-state index in [1.54, 1.807) is 6.08 Å². The van der Waals surface area contributed by atoms with Gasteiger partial charge in [-0.05, 0) is 13.0 Å². The van der Waals surface area contributed by atoms with E-state index in [1.807, 2.05) is 0 Å². The van der Waals surface area contributed by atoms with Crippen molar-refractivity contribution in [1.29, 1.82) is 0 Å². The second kappa shape index (κ2) is 4.56. The molecule has 0 aromatic carbocycles. The molecule has 0 rings (SSSR count). The monoisotopic (exact) mass is 138 g/mol. The molecule has 0 heterocycles. The second-order valence-corrected chi connectivity index (χ2v) is 1.75. The number of rotatable bonds is 3. The molecule has 1 N–H and O–H groups in total. The van der Waals surface area contributed by atoms with Crippen molar-refractivity contribution in [2.75, 3.05) is 0 Å². The van der Waals surface area contributed by atoms with Crippen molar-refractivity contribution in [3.8, 4) is 0 Å². The average Bonchev–Trinajstić information content (AvgIpc) is 1.89. The Balaban J connectivity index is 4.38. The quantitative estimate of drug-likeness (QED) is 0.279. The first-order chi connectivity index (χ1) is 4.72. The van der Waals surface area contributed by atoms with Crippen LogP contribution in [0, 0.1) is 0 Å². The lowest BCUT2D eigenvalue weighted by Crippen LogP contribution is -1.84. The number of hydrogen-bond acceptors (Lipinski definition) is 2. The Morgan fingerprint density at radius 3 is 2.50 bits per heavy atom. The summed E-state index contributed by atoms with van der Waals surface area (Å²) in [5.41, 5.74) is 0.278. The van der Waals surface area contributed by atoms with Crippen LogP contribution in [0.1, 0.15) is 6.92 Å². The highest BCUT2D eigenvalue weighted by Crippen LogP contribution is 1.98. The molecule has 0 saturated carbocycles. The zero-order valence-corrected chi connectivity index (χ0v) is 5.87. The Kier molecular flexibility index (Phi) is 3.96. The number of aldehydes is 1. The molecule has 0 fully saturated rings. The Morgan fingerprint density at radius 1 is 1.60 bits per heavy atom. The Bertz CT molecular complexity index is 183. The van der Waals surface area contributed by atoms with Gasteiger partial charge >= 0.3 is 0 Å². The number of hydrogen-bond donors (Lipinski definition) is 1. The summed E-state index contributed by atoms with van der Waals surface area (Å²) >= 11 is 0. The van der Waals surface area contributed by atoms with Crippen molar-refractivity contribution >= 4 is 6.29 Å². The summed E-state index contributed by atoms with van der Waals surface area (Å²) in [6, 6.07) is 0. The van der Waals surface area contributed by atoms with Gasteiger partial charge in [0.15, 0.2) is 6.29 Å². The molecule has 0 saturated heterocycles. The van der Waals surface area contributed by atoms with E-state index in [1.165, 1.54) is 19.1 Å². The molecule has 0 bridgehead atoms. The SMILES string of the molecule is C=C/C=C\C(C=O)=C(/C)O. The fraction of sp³-hybridized carbons (Fsp3) is 0.125. The van der Waals surface area contributed by atoms with Crippen LogP contribution in [-0.2, 0) is 4.79 Å². The van der Waals surface area contributed by atoms with Gasteiger partial charge in [-0.25, -0.2) is 0 Å². The zero-order valence-electron chi connectivity index (χ0n) is 5.87. The van der Waals surface area contributed by atoms with Crippen LogP contribution in [0.15, 0.2) is 36.1 Å². The fourth-order valence-electron chi connectivity index (χ4n) is 0.417. The van der Waals surface area contributed by atoms with Crippen LogP contribution in [0.2, 0.25) is 0 Å². The average molecular weight is 138 g/mol. The predicted molar refractivity (Wildman–Crippen MR) is 40.7 cm³/mol. The van der Waals surface area contributed by atoms with Crippen molar-refractivity contribution in [1.82, 2.24) is 0 Å². The third-order valence-electron chi connectivity index (χ3n) is 0.957. The maximum Gasteiger partial charge on any atom is 0.153 e. The van der Waals surface area contributed by atoms with Crippen LogP contribution >= 0.6 is 0 Å². The number of allylic oxidation sites excluding steroid dienone is 5. The molecule has 0 aliphatic rings. The van der Waals surface area contributed by atoms with Crippen molar-refractivity contribution in [2.45, 2.75) is 6.92 Å². The van der Waals surface area contributed by atoms with E-state index in [9.17, 15) is 4.79 Å². The van der Waals surface area contributed by atoms with E-state index in [4.69, 9.17) is 5.11 Å². The molecular formula is C8H10O2. The van der Waals surface area contributed by atoms with E-state index >= 15 is 0 Å². The molecule has 0 aromatic rings. The summed E-state index contributed by atoms with van der Waals surface area (Å²) in [5, 5.41) is 8.80. The molecule has 2 nitrogen and oxygen atoms in total. The third-order valence-corrected chi connectivity index (χ3v) is 0.957. The van der Waals surface area contributed by atoms with Gasteiger partial charge in [0.25, 0.3) is 0 Å². The molecule has 0 aliphatic carbocycles. The molecular weight excluding hydrogens is 128 g/mol. The van der Waals surface area contributed by atoms with Crippen LogP contribution < -0.4 is 0 Å². The number of aliphatic hydroxyl groups is 1. The van der Waals surface area contributed by atoms with Crippen LogP contribution in [0.25, 0.3) is 0 Å². The molecule has 10 heavy (non-hydrogen) atoms. The molecule has 0 aliphatic heterocycles. The van der Waals surface area contributed by atoms with Gasteiger partial charge < -0.3 is 5.11 Å². The number of carbonyl (C=O) groups is 1. The van der Waals surface area contributed by atoms with Crippen LogP contribution in [0.3, 0.4) is 0 Å². The van der Waals surface area contributed by atoms with Crippen molar-refractivity contribution < 1.29 is 9.90 Å². The van der Waals surface area contributed by atoms with E-state index in [0.29, 0.717) is 6.29 Å². The first-order valence-electron chi connectivity index (χ1n) is 2.86. The summed E-state index contributed by atoms with van der Waals surface area (Å²) in [7, 11) is 0. The van der Waals surface area contributed by atoms with Gasteiger partial charge in [-0.3, -0.25) is 4.79 Å². The van der Waals surface area contributed by atoms with Gasteiger partial charge in [-0.2, -0.15) is 0 Å². The Morgan fingerprint density at radius 2 is 2.20 bits per heavy atom.